The summed E-state index contributed by atoms with van der Waals surface area (Å²) in [4.78, 5) is 52.4. The van der Waals surface area contributed by atoms with Gasteiger partial charge >= 0.3 is 0 Å². The lowest BCUT2D eigenvalue weighted by molar-refractivity contribution is -0.135. The van der Waals surface area contributed by atoms with Gasteiger partial charge in [0.2, 0.25) is 17.7 Å². The Morgan fingerprint density at radius 1 is 1.21 bits per heavy atom. The molecule has 1 heterocycles. The van der Waals surface area contributed by atoms with Crippen LogP contribution in [0.15, 0.2) is 24.3 Å². The molecule has 0 unspecified atom stereocenters. The van der Waals surface area contributed by atoms with Crippen molar-refractivity contribution >= 4 is 34.9 Å². The number of likely N-dealkylation sites (N-methyl/N-ethyl adjacent to an activating group) is 1. The molecule has 1 fully saturated rings. The van der Waals surface area contributed by atoms with E-state index in [1.807, 2.05) is 19.9 Å². The van der Waals surface area contributed by atoms with E-state index in [4.69, 9.17) is 0 Å². The Kier molecular flexibility index (Phi) is 5.82. The van der Waals surface area contributed by atoms with E-state index in [-0.39, 0.29) is 60.8 Å². The first-order valence-corrected chi connectivity index (χ1v) is 9.75. The molecule has 0 spiro atoms. The highest BCUT2D eigenvalue weighted by molar-refractivity contribution is 6.05. The maximum atomic E-state index is 13.0. The molecule has 3 atom stereocenters. The Balaban J connectivity index is 1.70. The molecule has 0 bridgehead atoms. The topological polar surface area (TPSA) is 86.8 Å². The number of para-hydroxylation sites is 2. The molecule has 1 aromatic rings. The van der Waals surface area contributed by atoms with Crippen molar-refractivity contribution < 1.29 is 19.2 Å². The van der Waals surface area contributed by atoms with Crippen molar-refractivity contribution in [2.75, 3.05) is 23.8 Å². The molecule has 0 aromatic heterocycles. The molecule has 28 heavy (non-hydrogen) atoms. The van der Waals surface area contributed by atoms with Crippen LogP contribution < -0.4 is 10.2 Å². The van der Waals surface area contributed by atoms with Crippen LogP contribution in [0.3, 0.4) is 0 Å². The second kappa shape index (κ2) is 8.12. The first-order chi connectivity index (χ1) is 13.3. The predicted molar refractivity (Wildman–Crippen MR) is 106 cm³/mol. The number of amides is 3. The summed E-state index contributed by atoms with van der Waals surface area (Å²) in [5.41, 5.74) is 1.24. The van der Waals surface area contributed by atoms with Crippen LogP contribution in [-0.2, 0) is 19.2 Å². The number of ketones is 1. The molecule has 3 amide bonds. The molecule has 1 N–H and O–H groups in total. The summed E-state index contributed by atoms with van der Waals surface area (Å²) in [6.45, 7) is 3.63. The third-order valence-corrected chi connectivity index (χ3v) is 5.84. The van der Waals surface area contributed by atoms with Gasteiger partial charge in [-0.25, -0.2) is 0 Å². The van der Waals surface area contributed by atoms with Crippen molar-refractivity contribution in [3.8, 4) is 0 Å². The van der Waals surface area contributed by atoms with E-state index in [0.717, 1.165) is 6.42 Å². The molecule has 1 aliphatic carbocycles. The van der Waals surface area contributed by atoms with E-state index in [2.05, 4.69) is 5.32 Å². The maximum absolute atomic E-state index is 13.0. The second-order valence-corrected chi connectivity index (χ2v) is 7.89. The summed E-state index contributed by atoms with van der Waals surface area (Å²) >= 11 is 0. The fourth-order valence-electron chi connectivity index (χ4n) is 4.06. The zero-order chi connectivity index (χ0) is 20.4. The first kappa shape index (κ1) is 20.0. The monoisotopic (exact) mass is 385 g/mol. The number of carbonyl (C=O) groups is 4. The highest BCUT2D eigenvalue weighted by Gasteiger charge is 2.34. The lowest BCUT2D eigenvalue weighted by Gasteiger charge is -2.30. The number of hydrogen-bond donors (Lipinski definition) is 1. The van der Waals surface area contributed by atoms with Gasteiger partial charge in [0.25, 0.3) is 0 Å². The number of Topliss-reactive ketones (excluding diaryl/α,β-unsaturated/α-hetero) is 1. The summed E-state index contributed by atoms with van der Waals surface area (Å²) in [7, 11) is 1.61. The average Bonchev–Trinajstić information content (AvgIpc) is 2.87. The van der Waals surface area contributed by atoms with E-state index in [1.165, 1.54) is 4.90 Å². The van der Waals surface area contributed by atoms with E-state index >= 15 is 0 Å². The van der Waals surface area contributed by atoms with Gasteiger partial charge in [0.05, 0.1) is 17.9 Å². The number of anilines is 2. The van der Waals surface area contributed by atoms with Crippen LogP contribution in [0.25, 0.3) is 0 Å². The zero-order valence-electron chi connectivity index (χ0n) is 16.6. The van der Waals surface area contributed by atoms with Crippen LogP contribution in [0.1, 0.15) is 39.5 Å². The summed E-state index contributed by atoms with van der Waals surface area (Å²) in [5.74, 6) is -0.337. The molecule has 7 heteroatoms. The van der Waals surface area contributed by atoms with Gasteiger partial charge in [-0.3, -0.25) is 19.2 Å². The molecular formula is C21H27N3O4. The van der Waals surface area contributed by atoms with Gasteiger partial charge in [-0.15, -0.1) is 0 Å². The van der Waals surface area contributed by atoms with Crippen molar-refractivity contribution in [1.29, 1.82) is 0 Å². The summed E-state index contributed by atoms with van der Waals surface area (Å²) in [6, 6.07) is 6.86. The lowest BCUT2D eigenvalue weighted by atomic mass is 9.94. The van der Waals surface area contributed by atoms with E-state index in [1.54, 1.807) is 30.1 Å². The van der Waals surface area contributed by atoms with Crippen molar-refractivity contribution in [2.45, 2.75) is 45.6 Å². The van der Waals surface area contributed by atoms with E-state index in [0.29, 0.717) is 17.8 Å². The minimum atomic E-state index is -0.313. The third-order valence-electron chi connectivity index (χ3n) is 5.84. The summed E-state index contributed by atoms with van der Waals surface area (Å²) < 4.78 is 0. The maximum Gasteiger partial charge on any atom is 0.246 e. The van der Waals surface area contributed by atoms with Crippen LogP contribution in [0.5, 0.6) is 0 Å². The molecule has 1 saturated carbocycles. The fraction of sp³-hybridized carbons (Fsp3) is 0.524. The molecule has 3 rings (SSSR count). The second-order valence-electron chi connectivity index (χ2n) is 7.89. The minimum Gasteiger partial charge on any atom is -0.336 e. The van der Waals surface area contributed by atoms with Crippen molar-refractivity contribution in [3.05, 3.63) is 24.3 Å². The quantitative estimate of drug-likeness (QED) is 0.861. The van der Waals surface area contributed by atoms with Crippen molar-refractivity contribution in [2.24, 2.45) is 11.8 Å². The Bertz CT molecular complexity index is 807. The summed E-state index contributed by atoms with van der Waals surface area (Å²) in [6.07, 6.45) is 1.74. The van der Waals surface area contributed by atoms with Gasteiger partial charge in [-0.2, -0.15) is 0 Å². The highest BCUT2D eigenvalue weighted by atomic mass is 16.2. The highest BCUT2D eigenvalue weighted by Crippen LogP contribution is 2.32. The fourth-order valence-corrected chi connectivity index (χ4v) is 4.06. The first-order valence-electron chi connectivity index (χ1n) is 9.75. The molecule has 0 radical (unpaired) electrons. The smallest absolute Gasteiger partial charge is 0.246 e. The number of carbonyl (C=O) groups excluding carboxylic acids is 4. The number of fused-ring (bicyclic) bond motifs is 1. The van der Waals surface area contributed by atoms with Gasteiger partial charge in [-0.1, -0.05) is 19.1 Å². The minimum absolute atomic E-state index is 0.0530. The lowest BCUT2D eigenvalue weighted by Crippen LogP contribution is -2.45. The van der Waals surface area contributed by atoms with Crippen LogP contribution in [0.4, 0.5) is 11.4 Å². The van der Waals surface area contributed by atoms with Gasteiger partial charge in [0.15, 0.2) is 0 Å². The number of hydrogen-bond acceptors (Lipinski definition) is 4. The number of nitrogens with one attached hydrogen (secondary N) is 1. The van der Waals surface area contributed by atoms with Crippen LogP contribution in [0, 0.1) is 11.8 Å². The predicted octanol–water partition coefficient (Wildman–Crippen LogP) is 2.21. The summed E-state index contributed by atoms with van der Waals surface area (Å²) in [5, 5.41) is 2.83. The van der Waals surface area contributed by atoms with E-state index in [9.17, 15) is 19.2 Å². The number of nitrogens with zero attached hydrogens (tertiary/aromatic N) is 2. The number of benzene rings is 1. The molecule has 2 aliphatic rings. The molecular weight excluding hydrogens is 358 g/mol. The van der Waals surface area contributed by atoms with Crippen LogP contribution in [-0.4, -0.2) is 48.0 Å². The zero-order valence-corrected chi connectivity index (χ0v) is 16.6. The van der Waals surface area contributed by atoms with Crippen molar-refractivity contribution in [3.63, 3.8) is 0 Å². The third kappa shape index (κ3) is 4.08. The van der Waals surface area contributed by atoms with Crippen LogP contribution >= 0.6 is 0 Å². The Morgan fingerprint density at radius 3 is 2.61 bits per heavy atom. The van der Waals surface area contributed by atoms with Gasteiger partial charge < -0.3 is 15.1 Å². The van der Waals surface area contributed by atoms with E-state index < -0.39 is 0 Å². The Hall–Kier alpha value is -2.70. The van der Waals surface area contributed by atoms with Crippen LogP contribution in [0.2, 0.25) is 0 Å². The molecule has 0 saturated heterocycles. The Labute approximate surface area is 165 Å². The Morgan fingerprint density at radius 2 is 1.93 bits per heavy atom. The SMILES string of the molecule is C[C@@H]1C(=O)CC[C@H]1CC(=O)N(C)CC(=O)N1c2ccccc2NC(=O)C[C@@H]1C. The standard InChI is InChI=1S/C21H27N3O4/c1-13-10-19(26)22-16-6-4-5-7-17(16)24(13)21(28)12-23(3)20(27)11-15-8-9-18(25)14(15)2/h4-7,13-15H,8-12H2,1-3H3,(H,22,26)/t13-,14-,15-/m0/s1. The average molecular weight is 385 g/mol. The molecule has 1 aliphatic heterocycles. The molecule has 1 aromatic carbocycles. The number of rotatable bonds is 4. The van der Waals surface area contributed by atoms with Crippen molar-refractivity contribution in [1.82, 2.24) is 4.90 Å². The van der Waals surface area contributed by atoms with Gasteiger partial charge in [0.1, 0.15) is 5.78 Å². The molecule has 150 valence electrons. The normalized spacial score (nSPS) is 24.4. The molecule has 7 nitrogen and oxygen atoms in total. The van der Waals surface area contributed by atoms with Gasteiger partial charge in [0, 0.05) is 38.3 Å². The largest absolute Gasteiger partial charge is 0.336 e. The van der Waals surface area contributed by atoms with Gasteiger partial charge in [-0.05, 0) is 31.4 Å².